The Morgan fingerprint density at radius 2 is 1.80 bits per heavy atom. The van der Waals surface area contributed by atoms with Crippen LogP contribution in [0.25, 0.3) is 0 Å². The highest BCUT2D eigenvalue weighted by molar-refractivity contribution is 5.97. The molecular weight excluding hydrogens is 327 g/mol. The zero-order chi connectivity index (χ0) is 18.4. The molecule has 0 bridgehead atoms. The summed E-state index contributed by atoms with van der Waals surface area (Å²) in [5.41, 5.74) is 6.53. The van der Waals surface area contributed by atoms with Gasteiger partial charge in [-0.05, 0) is 55.3 Å². The quantitative estimate of drug-likeness (QED) is 0.815. The van der Waals surface area contributed by atoms with Crippen LogP contribution in [0.1, 0.15) is 21.5 Å². The summed E-state index contributed by atoms with van der Waals surface area (Å²) in [6.45, 7) is 3.64. The van der Waals surface area contributed by atoms with Gasteiger partial charge in [-0.1, -0.05) is 6.07 Å². The Labute approximate surface area is 144 Å². The van der Waals surface area contributed by atoms with Gasteiger partial charge in [0.05, 0.1) is 12.7 Å². The fourth-order valence-corrected chi connectivity index (χ4v) is 2.04. The van der Waals surface area contributed by atoms with Gasteiger partial charge in [0.1, 0.15) is 17.3 Å². The SMILES string of the molecule is COc1ccc(F)cc1C(=O)NNC(=O)COc1ccc(C)c(C)c1. The van der Waals surface area contributed by atoms with Gasteiger partial charge in [0, 0.05) is 0 Å². The maximum Gasteiger partial charge on any atom is 0.276 e. The number of amides is 2. The highest BCUT2D eigenvalue weighted by atomic mass is 19.1. The Bertz CT molecular complexity index is 793. The van der Waals surface area contributed by atoms with E-state index in [1.165, 1.54) is 19.2 Å². The molecule has 0 heterocycles. The van der Waals surface area contributed by atoms with Crippen LogP contribution in [-0.4, -0.2) is 25.5 Å². The first kappa shape index (κ1) is 18.3. The number of nitrogens with one attached hydrogen (secondary N) is 2. The fourth-order valence-electron chi connectivity index (χ4n) is 2.04. The van der Waals surface area contributed by atoms with E-state index in [0.717, 1.165) is 17.2 Å². The van der Waals surface area contributed by atoms with Crippen molar-refractivity contribution in [3.63, 3.8) is 0 Å². The van der Waals surface area contributed by atoms with Gasteiger partial charge in [-0.3, -0.25) is 20.4 Å². The van der Waals surface area contributed by atoms with Gasteiger partial charge in [0.15, 0.2) is 6.61 Å². The summed E-state index contributed by atoms with van der Waals surface area (Å²) in [7, 11) is 1.36. The molecule has 2 aromatic carbocycles. The molecule has 0 aliphatic heterocycles. The van der Waals surface area contributed by atoms with Crippen LogP contribution < -0.4 is 20.3 Å². The van der Waals surface area contributed by atoms with Crippen molar-refractivity contribution in [2.24, 2.45) is 0 Å². The monoisotopic (exact) mass is 346 g/mol. The second-order valence-electron chi connectivity index (χ2n) is 5.38. The summed E-state index contributed by atoms with van der Waals surface area (Å²) in [6.07, 6.45) is 0. The Morgan fingerprint density at radius 1 is 1.04 bits per heavy atom. The Hall–Kier alpha value is -3.09. The number of ether oxygens (including phenoxy) is 2. The second-order valence-corrected chi connectivity index (χ2v) is 5.38. The molecule has 2 amide bonds. The van der Waals surface area contributed by atoms with E-state index in [1.807, 2.05) is 26.0 Å². The molecule has 0 radical (unpaired) electrons. The lowest BCUT2D eigenvalue weighted by Crippen LogP contribution is -2.44. The molecule has 0 aromatic heterocycles. The summed E-state index contributed by atoms with van der Waals surface area (Å²) in [5, 5.41) is 0. The molecule has 0 atom stereocenters. The average molecular weight is 346 g/mol. The van der Waals surface area contributed by atoms with Gasteiger partial charge in [-0.15, -0.1) is 0 Å². The number of hydrazine groups is 1. The van der Waals surface area contributed by atoms with Crippen molar-refractivity contribution in [3.05, 3.63) is 58.9 Å². The van der Waals surface area contributed by atoms with Crippen molar-refractivity contribution >= 4 is 11.8 Å². The molecule has 132 valence electrons. The van der Waals surface area contributed by atoms with Gasteiger partial charge >= 0.3 is 0 Å². The zero-order valence-electron chi connectivity index (χ0n) is 14.2. The maximum atomic E-state index is 13.3. The smallest absolute Gasteiger partial charge is 0.276 e. The topological polar surface area (TPSA) is 76.7 Å². The fraction of sp³-hybridized carbons (Fsp3) is 0.222. The number of rotatable bonds is 5. The minimum Gasteiger partial charge on any atom is -0.496 e. The first-order valence-electron chi connectivity index (χ1n) is 7.53. The summed E-state index contributed by atoms with van der Waals surface area (Å²) < 4.78 is 23.6. The van der Waals surface area contributed by atoms with Crippen molar-refractivity contribution < 1.29 is 23.5 Å². The molecule has 0 fully saturated rings. The minimum atomic E-state index is -0.698. The largest absolute Gasteiger partial charge is 0.496 e. The molecule has 25 heavy (non-hydrogen) atoms. The van der Waals surface area contributed by atoms with Crippen molar-refractivity contribution in [2.75, 3.05) is 13.7 Å². The second kappa shape index (κ2) is 8.14. The van der Waals surface area contributed by atoms with Crippen LogP contribution in [0.2, 0.25) is 0 Å². The van der Waals surface area contributed by atoms with Crippen LogP contribution in [0, 0.1) is 19.7 Å². The first-order chi connectivity index (χ1) is 11.9. The van der Waals surface area contributed by atoms with Crippen LogP contribution in [-0.2, 0) is 4.79 Å². The molecule has 0 saturated carbocycles. The average Bonchev–Trinajstić information content (AvgIpc) is 2.60. The van der Waals surface area contributed by atoms with Gasteiger partial charge in [0.2, 0.25) is 0 Å². The van der Waals surface area contributed by atoms with Gasteiger partial charge in [-0.25, -0.2) is 4.39 Å². The molecule has 0 aliphatic carbocycles. The molecule has 0 saturated heterocycles. The van der Waals surface area contributed by atoms with E-state index < -0.39 is 17.6 Å². The predicted molar refractivity (Wildman–Crippen MR) is 90.0 cm³/mol. The van der Waals surface area contributed by atoms with Gasteiger partial charge in [-0.2, -0.15) is 0 Å². The molecule has 7 heteroatoms. The minimum absolute atomic E-state index is 0.0297. The molecule has 2 rings (SSSR count). The molecule has 0 aliphatic rings. The number of methoxy groups -OCH3 is 1. The Balaban J connectivity index is 1.88. The standard InChI is InChI=1S/C18H19FN2O4/c1-11-4-6-14(8-12(11)2)25-10-17(22)20-21-18(23)15-9-13(19)5-7-16(15)24-3/h4-9H,10H2,1-3H3,(H,20,22)(H,21,23). The van der Waals surface area contributed by atoms with Crippen molar-refractivity contribution in [3.8, 4) is 11.5 Å². The number of hydrogen-bond donors (Lipinski definition) is 2. The Morgan fingerprint density at radius 3 is 2.48 bits per heavy atom. The van der Waals surface area contributed by atoms with Crippen LogP contribution in [0.15, 0.2) is 36.4 Å². The third-order valence-electron chi connectivity index (χ3n) is 3.57. The third-order valence-corrected chi connectivity index (χ3v) is 3.57. The normalized spacial score (nSPS) is 10.1. The number of benzene rings is 2. The first-order valence-corrected chi connectivity index (χ1v) is 7.53. The van der Waals surface area contributed by atoms with Crippen molar-refractivity contribution in [1.29, 1.82) is 0 Å². The van der Waals surface area contributed by atoms with Gasteiger partial charge < -0.3 is 9.47 Å². The van der Waals surface area contributed by atoms with E-state index >= 15 is 0 Å². The van der Waals surface area contributed by atoms with Crippen molar-refractivity contribution in [1.82, 2.24) is 10.9 Å². The number of carbonyl (C=O) groups excluding carboxylic acids is 2. The number of hydrogen-bond acceptors (Lipinski definition) is 4. The van der Waals surface area contributed by atoms with Crippen LogP contribution in [0.4, 0.5) is 4.39 Å². The highest BCUT2D eigenvalue weighted by Crippen LogP contribution is 2.19. The van der Waals surface area contributed by atoms with E-state index in [-0.39, 0.29) is 17.9 Å². The van der Waals surface area contributed by atoms with Crippen molar-refractivity contribution in [2.45, 2.75) is 13.8 Å². The van der Waals surface area contributed by atoms with Gasteiger partial charge in [0.25, 0.3) is 11.8 Å². The number of halogens is 1. The van der Waals surface area contributed by atoms with E-state index in [2.05, 4.69) is 10.9 Å². The number of aryl methyl sites for hydroxylation is 2. The molecule has 2 N–H and O–H groups in total. The highest BCUT2D eigenvalue weighted by Gasteiger charge is 2.14. The van der Waals surface area contributed by atoms with Crippen LogP contribution in [0.3, 0.4) is 0 Å². The molecule has 2 aromatic rings. The summed E-state index contributed by atoms with van der Waals surface area (Å²) in [5.74, 6) is -1.09. The van der Waals surface area contributed by atoms with E-state index in [4.69, 9.17) is 9.47 Å². The predicted octanol–water partition coefficient (Wildman–Crippen LogP) is 2.29. The lowest BCUT2D eigenvalue weighted by Gasteiger charge is -2.11. The van der Waals surface area contributed by atoms with E-state index in [0.29, 0.717) is 5.75 Å². The summed E-state index contributed by atoms with van der Waals surface area (Å²) >= 11 is 0. The van der Waals surface area contributed by atoms with E-state index in [9.17, 15) is 14.0 Å². The van der Waals surface area contributed by atoms with E-state index in [1.54, 1.807) is 6.07 Å². The maximum absolute atomic E-state index is 13.3. The molecule has 6 nitrogen and oxygen atoms in total. The number of carbonyl (C=O) groups is 2. The lowest BCUT2D eigenvalue weighted by molar-refractivity contribution is -0.123. The lowest BCUT2D eigenvalue weighted by atomic mass is 10.1. The van der Waals surface area contributed by atoms with Crippen LogP contribution >= 0.6 is 0 Å². The molecule has 0 unspecified atom stereocenters. The molecular formula is C18H19FN2O4. The Kier molecular flexibility index (Phi) is 5.94. The zero-order valence-corrected chi connectivity index (χ0v) is 14.2. The third kappa shape index (κ3) is 4.94. The summed E-state index contributed by atoms with van der Waals surface area (Å²) in [6, 6.07) is 8.98. The molecule has 0 spiro atoms. The van der Waals surface area contributed by atoms with Crippen LogP contribution in [0.5, 0.6) is 11.5 Å². The summed E-state index contributed by atoms with van der Waals surface area (Å²) in [4.78, 5) is 23.8.